The van der Waals surface area contributed by atoms with E-state index >= 15 is 0 Å². The lowest BCUT2D eigenvalue weighted by molar-refractivity contribution is 0.0125. The van der Waals surface area contributed by atoms with Crippen molar-refractivity contribution < 1.29 is 9.13 Å². The maximum absolute atomic E-state index is 13.5. The van der Waals surface area contributed by atoms with Gasteiger partial charge in [0.15, 0.2) is 10.8 Å². The van der Waals surface area contributed by atoms with Gasteiger partial charge in [0, 0.05) is 17.4 Å². The fourth-order valence-corrected chi connectivity index (χ4v) is 4.00. The first-order valence-electron chi connectivity index (χ1n) is 8.89. The van der Waals surface area contributed by atoms with Gasteiger partial charge in [0.2, 0.25) is 0 Å². The molecule has 4 rings (SSSR count). The Kier molecular flexibility index (Phi) is 5.52. The third-order valence-electron chi connectivity index (χ3n) is 4.48. The molecule has 1 N–H and O–H groups in total. The van der Waals surface area contributed by atoms with Crippen LogP contribution in [0.5, 0.6) is 0 Å². The average molecular weight is 421 g/mol. The first-order valence-corrected chi connectivity index (χ1v) is 10.3. The van der Waals surface area contributed by atoms with Crippen LogP contribution in [0.4, 0.5) is 4.39 Å². The van der Waals surface area contributed by atoms with Crippen LogP contribution in [0.3, 0.4) is 0 Å². The van der Waals surface area contributed by atoms with Gasteiger partial charge in [-0.15, -0.1) is 0 Å². The lowest BCUT2D eigenvalue weighted by Crippen LogP contribution is -2.20. The minimum absolute atomic E-state index is 0.228. The molecule has 0 radical (unpaired) electrons. The normalized spacial score (nSPS) is 17.1. The Balaban J connectivity index is 1.90. The third kappa shape index (κ3) is 3.85. The topological polar surface area (TPSA) is 72.3 Å². The molecule has 1 saturated heterocycles. The predicted octanol–water partition coefficient (Wildman–Crippen LogP) is 4.31. The first-order chi connectivity index (χ1) is 13.5. The summed E-state index contributed by atoms with van der Waals surface area (Å²) in [6, 6.07) is 6.08. The number of H-pyrrole nitrogens is 1. The predicted molar refractivity (Wildman–Crippen MR) is 107 cm³/mol. The zero-order chi connectivity index (χ0) is 19.7. The summed E-state index contributed by atoms with van der Waals surface area (Å²) < 4.78 is 20.6. The number of hydrogen-bond donors (Lipinski definition) is 1. The van der Waals surface area contributed by atoms with E-state index in [4.69, 9.17) is 16.3 Å². The van der Waals surface area contributed by atoms with Gasteiger partial charge < -0.3 is 4.74 Å². The Morgan fingerprint density at radius 2 is 2.18 bits per heavy atom. The molecule has 6 nitrogen and oxygen atoms in total. The minimum Gasteiger partial charge on any atom is -0.372 e. The van der Waals surface area contributed by atoms with Crippen LogP contribution in [0.2, 0.25) is 0 Å². The highest BCUT2D eigenvalue weighted by Gasteiger charge is 2.27. The van der Waals surface area contributed by atoms with Crippen molar-refractivity contribution in [1.82, 2.24) is 19.6 Å². The zero-order valence-corrected chi connectivity index (χ0v) is 16.5. The van der Waals surface area contributed by atoms with Crippen molar-refractivity contribution in [2.75, 3.05) is 12.4 Å². The summed E-state index contributed by atoms with van der Waals surface area (Å²) >= 11 is 7.11. The Labute approximate surface area is 169 Å². The van der Waals surface area contributed by atoms with E-state index in [0.717, 1.165) is 24.8 Å². The van der Waals surface area contributed by atoms with Crippen molar-refractivity contribution in [2.24, 2.45) is 0 Å². The number of ether oxygens (including phenoxy) is 1. The molecule has 9 heteroatoms. The number of aromatic amines is 1. The van der Waals surface area contributed by atoms with E-state index in [2.05, 4.69) is 21.6 Å². The minimum atomic E-state index is -0.405. The quantitative estimate of drug-likeness (QED) is 0.622. The Hall–Kier alpha value is -2.16. The number of fused-ring (bicyclic) bond motifs is 1. The molecule has 0 aliphatic carbocycles. The van der Waals surface area contributed by atoms with Crippen LogP contribution < -0.4 is 5.69 Å². The van der Waals surface area contributed by atoms with Crippen molar-refractivity contribution in [1.29, 1.82) is 0 Å². The van der Waals surface area contributed by atoms with Gasteiger partial charge in [-0.3, -0.25) is 4.98 Å². The number of benzene rings is 1. The number of nitrogens with zero attached hydrogens (tertiary/aromatic N) is 3. The number of rotatable bonds is 5. The second-order valence-corrected chi connectivity index (χ2v) is 8.01. The van der Waals surface area contributed by atoms with Gasteiger partial charge in [-0.25, -0.2) is 14.2 Å². The van der Waals surface area contributed by atoms with E-state index in [-0.39, 0.29) is 11.9 Å². The smallest absolute Gasteiger partial charge is 0.350 e. The molecule has 3 aromatic rings. The Bertz CT molecular complexity index is 1070. The highest BCUT2D eigenvalue weighted by Crippen LogP contribution is 2.36. The molecule has 0 spiro atoms. The first kappa shape index (κ1) is 19.2. The van der Waals surface area contributed by atoms with Gasteiger partial charge in [-0.05, 0) is 37.0 Å². The van der Waals surface area contributed by atoms with E-state index in [1.165, 1.54) is 28.4 Å². The van der Waals surface area contributed by atoms with Crippen molar-refractivity contribution in [3.63, 3.8) is 0 Å². The molecule has 3 heterocycles. The van der Waals surface area contributed by atoms with E-state index < -0.39 is 5.69 Å². The van der Waals surface area contributed by atoms with E-state index in [1.807, 2.05) is 0 Å². The molecular formula is C19H18ClFN4O2S. The van der Waals surface area contributed by atoms with E-state index in [0.29, 0.717) is 39.5 Å². The molecule has 146 valence electrons. The molecule has 1 atom stereocenters. The van der Waals surface area contributed by atoms with Crippen LogP contribution in [0.25, 0.3) is 16.8 Å². The van der Waals surface area contributed by atoms with Crippen LogP contribution in [0, 0.1) is 5.82 Å². The summed E-state index contributed by atoms with van der Waals surface area (Å²) in [5.74, 6) is 0.0811. The van der Waals surface area contributed by atoms with Crippen molar-refractivity contribution in [3.05, 3.63) is 57.9 Å². The molecule has 0 bridgehead atoms. The number of halogens is 2. The van der Waals surface area contributed by atoms with E-state index in [9.17, 15) is 9.18 Å². The van der Waals surface area contributed by atoms with Gasteiger partial charge in [0.05, 0.1) is 5.56 Å². The molecule has 28 heavy (non-hydrogen) atoms. The maximum atomic E-state index is 13.5. The second-order valence-electron chi connectivity index (χ2n) is 6.51. The number of aromatic nitrogens is 4. The van der Waals surface area contributed by atoms with Gasteiger partial charge >= 0.3 is 5.69 Å². The zero-order valence-electron chi connectivity index (χ0n) is 15.0. The number of thioether (sulfide) groups is 1. The fraction of sp³-hybridized carbons (Fsp3) is 0.316. The monoisotopic (exact) mass is 420 g/mol. The molecule has 2 aromatic heterocycles. The maximum Gasteiger partial charge on any atom is 0.350 e. The van der Waals surface area contributed by atoms with Crippen molar-refractivity contribution in [3.8, 4) is 11.1 Å². The number of nitrogens with one attached hydrogen (secondary N) is 1. The fourth-order valence-electron chi connectivity index (χ4n) is 3.23. The SMILES string of the molecule is C=C(Cl)CSc1nc2c(-c3ccc(F)cc3)c(C3CCCCO3)nn2c(=O)[nH]1. The average Bonchev–Trinajstić information content (AvgIpc) is 3.08. The summed E-state index contributed by atoms with van der Waals surface area (Å²) in [7, 11) is 0. The number of hydrogen-bond acceptors (Lipinski definition) is 5. The Morgan fingerprint density at radius 1 is 1.39 bits per heavy atom. The summed E-state index contributed by atoms with van der Waals surface area (Å²) in [5, 5.41) is 5.38. The van der Waals surface area contributed by atoms with Crippen molar-refractivity contribution >= 4 is 29.0 Å². The van der Waals surface area contributed by atoms with Gasteiger partial charge in [-0.2, -0.15) is 9.61 Å². The molecule has 1 aliphatic heterocycles. The van der Waals surface area contributed by atoms with Crippen LogP contribution in [0.1, 0.15) is 31.1 Å². The summed E-state index contributed by atoms with van der Waals surface area (Å²) in [6.07, 6.45) is 2.60. The lowest BCUT2D eigenvalue weighted by atomic mass is 9.99. The third-order valence-corrected chi connectivity index (χ3v) is 5.74. The highest BCUT2D eigenvalue weighted by molar-refractivity contribution is 7.99. The van der Waals surface area contributed by atoms with Crippen LogP contribution in [0.15, 0.2) is 45.8 Å². The molecule has 1 aromatic carbocycles. The standard InChI is InChI=1S/C19H18ClFN4O2S/c1-11(20)10-28-18-22-17-15(12-5-7-13(21)8-6-12)16(14-4-2-3-9-27-14)24-25(17)19(26)23-18/h5-8,14H,1-4,9-10H2,(H,22,23,26). The molecule has 0 amide bonds. The molecular weight excluding hydrogens is 403 g/mol. The molecule has 1 unspecified atom stereocenters. The van der Waals surface area contributed by atoms with Gasteiger partial charge in [0.1, 0.15) is 17.6 Å². The molecule has 1 aliphatic rings. The molecule has 0 saturated carbocycles. The van der Waals surface area contributed by atoms with Crippen LogP contribution >= 0.6 is 23.4 Å². The Morgan fingerprint density at radius 3 is 2.86 bits per heavy atom. The highest BCUT2D eigenvalue weighted by atomic mass is 35.5. The van der Waals surface area contributed by atoms with Gasteiger partial charge in [0.25, 0.3) is 0 Å². The summed E-state index contributed by atoms with van der Waals surface area (Å²) in [6.45, 7) is 4.29. The van der Waals surface area contributed by atoms with Crippen LogP contribution in [-0.2, 0) is 4.74 Å². The summed E-state index contributed by atoms with van der Waals surface area (Å²) in [5.41, 5.74) is 2.06. The second kappa shape index (κ2) is 8.06. The summed E-state index contributed by atoms with van der Waals surface area (Å²) in [4.78, 5) is 19.9. The van der Waals surface area contributed by atoms with Crippen LogP contribution in [-0.4, -0.2) is 31.9 Å². The molecule has 1 fully saturated rings. The lowest BCUT2D eigenvalue weighted by Gasteiger charge is -2.21. The van der Waals surface area contributed by atoms with Gasteiger partial charge in [-0.1, -0.05) is 42.1 Å². The largest absolute Gasteiger partial charge is 0.372 e. The van der Waals surface area contributed by atoms with E-state index in [1.54, 1.807) is 12.1 Å². The van der Waals surface area contributed by atoms with Crippen molar-refractivity contribution in [2.45, 2.75) is 30.5 Å².